The summed E-state index contributed by atoms with van der Waals surface area (Å²) in [5.41, 5.74) is -0.474. The van der Waals surface area contributed by atoms with Crippen molar-refractivity contribution in [3.8, 4) is 0 Å². The van der Waals surface area contributed by atoms with Crippen LogP contribution >= 0.6 is 0 Å². The molecule has 0 fully saturated rings. The summed E-state index contributed by atoms with van der Waals surface area (Å²) >= 11 is 0. The summed E-state index contributed by atoms with van der Waals surface area (Å²) in [6, 6.07) is -0.490. The minimum absolute atomic E-state index is 0.200. The molecule has 0 aromatic rings. The van der Waals surface area contributed by atoms with Crippen molar-refractivity contribution in [3.63, 3.8) is 0 Å². The topological polar surface area (TPSA) is 69.4 Å². The summed E-state index contributed by atoms with van der Waals surface area (Å²) in [5, 5.41) is 10.6. The van der Waals surface area contributed by atoms with Gasteiger partial charge in [-0.25, -0.2) is 0 Å². The summed E-state index contributed by atoms with van der Waals surface area (Å²) in [4.78, 5) is 22.1. The molecule has 2 unspecified atom stereocenters. The molecular weight excluding hydrogens is 234 g/mol. The van der Waals surface area contributed by atoms with Gasteiger partial charge in [-0.15, -0.1) is 0 Å². The molecule has 5 heteroatoms. The Morgan fingerprint density at radius 3 is 2.28 bits per heavy atom. The molecule has 5 nitrogen and oxygen atoms in total. The first-order chi connectivity index (χ1) is 8.17. The third kappa shape index (κ3) is 7.25. The monoisotopic (exact) mass is 259 g/mol. The molecule has 106 valence electrons. The number of nitrogens with zero attached hydrogens (tertiary/aromatic N) is 1. The molecule has 0 radical (unpaired) electrons. The van der Waals surface area contributed by atoms with Crippen LogP contribution in [0.25, 0.3) is 0 Å². The van der Waals surface area contributed by atoms with Crippen LogP contribution in [0.4, 0.5) is 0 Å². The number of ether oxygens (including phenoxy) is 1. The Morgan fingerprint density at radius 1 is 1.33 bits per heavy atom. The number of nitro groups is 1. The lowest BCUT2D eigenvalue weighted by atomic mass is 10.0. The number of hydrogen-bond acceptors (Lipinski definition) is 4. The van der Waals surface area contributed by atoms with E-state index >= 15 is 0 Å². The van der Waals surface area contributed by atoms with E-state index in [9.17, 15) is 14.9 Å². The fraction of sp³-hybridized carbons (Fsp3) is 0.923. The van der Waals surface area contributed by atoms with Gasteiger partial charge in [0.05, 0.1) is 5.92 Å². The zero-order valence-corrected chi connectivity index (χ0v) is 12.1. The van der Waals surface area contributed by atoms with Gasteiger partial charge in [-0.3, -0.25) is 14.9 Å². The van der Waals surface area contributed by atoms with Gasteiger partial charge in [-0.1, -0.05) is 13.8 Å². The minimum atomic E-state index is -0.490. The van der Waals surface area contributed by atoms with Crippen molar-refractivity contribution >= 4 is 5.97 Å². The Bertz CT molecular complexity index is 283. The summed E-state index contributed by atoms with van der Waals surface area (Å²) in [7, 11) is 0. The average Bonchev–Trinajstić information content (AvgIpc) is 2.20. The third-order valence-corrected chi connectivity index (χ3v) is 2.75. The lowest BCUT2D eigenvalue weighted by molar-refractivity contribution is -0.523. The Hall–Kier alpha value is -1.13. The summed E-state index contributed by atoms with van der Waals surface area (Å²) in [5.74, 6) is -0.426. The molecule has 0 aromatic carbocycles. The van der Waals surface area contributed by atoms with Crippen LogP contribution < -0.4 is 0 Å². The highest BCUT2D eigenvalue weighted by Crippen LogP contribution is 2.17. The minimum Gasteiger partial charge on any atom is -0.460 e. The number of hydrogen-bond donors (Lipinski definition) is 0. The van der Waals surface area contributed by atoms with Crippen molar-refractivity contribution in [1.29, 1.82) is 0 Å². The Labute approximate surface area is 109 Å². The van der Waals surface area contributed by atoms with Gasteiger partial charge in [-0.05, 0) is 33.6 Å². The number of carbonyl (C=O) groups excluding carboxylic acids is 1. The first-order valence-corrected chi connectivity index (χ1v) is 6.53. The molecular formula is C13H25NO4. The fourth-order valence-electron chi connectivity index (χ4n) is 1.64. The van der Waals surface area contributed by atoms with Crippen LogP contribution in [-0.4, -0.2) is 22.5 Å². The van der Waals surface area contributed by atoms with Crippen molar-refractivity contribution in [2.75, 3.05) is 0 Å². The van der Waals surface area contributed by atoms with E-state index in [1.165, 1.54) is 0 Å². The molecule has 0 N–H and O–H groups in total. The van der Waals surface area contributed by atoms with E-state index in [0.717, 1.165) is 0 Å². The van der Waals surface area contributed by atoms with Gasteiger partial charge in [0.25, 0.3) is 0 Å². The zero-order valence-electron chi connectivity index (χ0n) is 12.1. The molecule has 0 aromatic heterocycles. The molecule has 0 heterocycles. The highest BCUT2D eigenvalue weighted by molar-refractivity contribution is 5.72. The van der Waals surface area contributed by atoms with Crippen LogP contribution in [0.3, 0.4) is 0 Å². The highest BCUT2D eigenvalue weighted by atomic mass is 16.6. The molecule has 0 amide bonds. The lowest BCUT2D eigenvalue weighted by Crippen LogP contribution is -2.28. The standard InChI is InChI=1S/C13H25NO4/c1-6-11(14(16)17)9-7-8-10(2)12(15)18-13(3,4)5/h10-11H,6-9H2,1-5H3. The van der Waals surface area contributed by atoms with E-state index in [2.05, 4.69) is 0 Å². The van der Waals surface area contributed by atoms with Crippen LogP contribution in [0.1, 0.15) is 60.3 Å². The van der Waals surface area contributed by atoms with Crippen molar-refractivity contribution in [2.24, 2.45) is 5.92 Å². The van der Waals surface area contributed by atoms with Crippen LogP contribution in [-0.2, 0) is 9.53 Å². The van der Waals surface area contributed by atoms with Gasteiger partial charge in [-0.2, -0.15) is 0 Å². The molecule has 0 saturated heterocycles. The summed E-state index contributed by atoms with van der Waals surface area (Å²) in [6.45, 7) is 9.11. The second-order valence-electron chi connectivity index (χ2n) is 5.71. The van der Waals surface area contributed by atoms with E-state index < -0.39 is 11.6 Å². The van der Waals surface area contributed by atoms with Crippen LogP contribution in [0, 0.1) is 16.0 Å². The second kappa shape index (κ2) is 7.34. The maximum absolute atomic E-state index is 11.7. The molecule has 0 spiro atoms. The third-order valence-electron chi connectivity index (χ3n) is 2.75. The summed E-state index contributed by atoms with van der Waals surface area (Å²) < 4.78 is 5.26. The molecule has 18 heavy (non-hydrogen) atoms. The van der Waals surface area contributed by atoms with Gasteiger partial charge in [0.15, 0.2) is 0 Å². The van der Waals surface area contributed by atoms with Crippen molar-refractivity contribution < 1.29 is 14.5 Å². The molecule has 2 atom stereocenters. The number of rotatable bonds is 7. The van der Waals surface area contributed by atoms with Crippen molar-refractivity contribution in [2.45, 2.75) is 71.9 Å². The highest BCUT2D eigenvalue weighted by Gasteiger charge is 2.23. The fourth-order valence-corrected chi connectivity index (χ4v) is 1.64. The molecule has 0 aliphatic rings. The van der Waals surface area contributed by atoms with Crippen LogP contribution in [0.15, 0.2) is 0 Å². The Morgan fingerprint density at radius 2 is 1.89 bits per heavy atom. The van der Waals surface area contributed by atoms with E-state index in [1.54, 1.807) is 6.92 Å². The molecule has 0 bridgehead atoms. The van der Waals surface area contributed by atoms with Crippen molar-refractivity contribution in [1.82, 2.24) is 0 Å². The zero-order chi connectivity index (χ0) is 14.3. The normalized spacial score (nSPS) is 14.9. The predicted octanol–water partition coefficient (Wildman–Crippen LogP) is 3.19. The second-order valence-corrected chi connectivity index (χ2v) is 5.71. The maximum Gasteiger partial charge on any atom is 0.309 e. The van der Waals surface area contributed by atoms with Gasteiger partial charge in [0.2, 0.25) is 6.04 Å². The first kappa shape index (κ1) is 16.9. The number of carbonyl (C=O) groups is 1. The Kier molecular flexibility index (Phi) is 6.88. The largest absolute Gasteiger partial charge is 0.460 e. The van der Waals surface area contributed by atoms with Gasteiger partial charge < -0.3 is 4.74 Å². The Balaban J connectivity index is 4.00. The van der Waals surface area contributed by atoms with E-state index in [1.807, 2.05) is 27.7 Å². The SMILES string of the molecule is CCC(CCCC(C)C(=O)OC(C)(C)C)[N+](=O)[O-]. The van der Waals surface area contributed by atoms with E-state index in [-0.39, 0.29) is 16.8 Å². The van der Waals surface area contributed by atoms with Crippen LogP contribution in [0.2, 0.25) is 0 Å². The smallest absolute Gasteiger partial charge is 0.309 e. The lowest BCUT2D eigenvalue weighted by Gasteiger charge is -2.22. The summed E-state index contributed by atoms with van der Waals surface area (Å²) in [6.07, 6.45) is 2.38. The van der Waals surface area contributed by atoms with E-state index in [0.29, 0.717) is 25.7 Å². The van der Waals surface area contributed by atoms with Gasteiger partial charge in [0.1, 0.15) is 5.60 Å². The molecule has 0 aliphatic heterocycles. The van der Waals surface area contributed by atoms with E-state index in [4.69, 9.17) is 4.74 Å². The molecule has 0 rings (SSSR count). The molecule has 0 saturated carbocycles. The van der Waals surface area contributed by atoms with Gasteiger partial charge >= 0.3 is 5.97 Å². The van der Waals surface area contributed by atoms with Gasteiger partial charge in [0, 0.05) is 17.8 Å². The predicted molar refractivity (Wildman–Crippen MR) is 69.9 cm³/mol. The average molecular weight is 259 g/mol. The maximum atomic E-state index is 11.7. The quantitative estimate of drug-likeness (QED) is 0.400. The molecule has 0 aliphatic carbocycles. The first-order valence-electron chi connectivity index (χ1n) is 6.53. The van der Waals surface area contributed by atoms with Crippen molar-refractivity contribution in [3.05, 3.63) is 10.1 Å². The van der Waals surface area contributed by atoms with Crippen LogP contribution in [0.5, 0.6) is 0 Å². The number of esters is 1.